The SMILES string of the molecule is CCOC(=O)Cn1c2nc(Cl)ccc2c(=O)c2ccc(Cl)c(SC)c21.CCOC(=O)Cn1c2nc(NCC3COC3)ccc2c(=O)c2ccc(Cl)c(SC)c21.CSc1c(Cl)ccc2c(=O)c3ccc(NCC4COC4)nc3n(CC(=O)O)c12.CSc1c(Cl)ccc2c(=O)c3ccc(NCC4COC4)nc3n(CC(=O)[O-])c12.NCC1COC1.[Na+]. The van der Waals surface area contributed by atoms with Gasteiger partial charge in [0.15, 0.2) is 21.7 Å². The Bertz CT molecular complexity index is 5910. The predicted molar refractivity (Wildman–Crippen MR) is 464 cm³/mol. The Morgan fingerprint density at radius 1 is 0.432 bits per heavy atom. The molecule has 0 radical (unpaired) electrons. The molecule has 6 N–H and O–H groups in total. The molecule has 0 atom stereocenters. The van der Waals surface area contributed by atoms with E-state index in [2.05, 4.69) is 35.9 Å². The van der Waals surface area contributed by atoms with Crippen molar-refractivity contribution in [3.8, 4) is 0 Å². The van der Waals surface area contributed by atoms with E-state index in [4.69, 9.17) is 92.2 Å². The van der Waals surface area contributed by atoms with Gasteiger partial charge in [0.2, 0.25) is 0 Å². The summed E-state index contributed by atoms with van der Waals surface area (Å²) in [5.74, 6) is 0.632. The van der Waals surface area contributed by atoms with Crippen LogP contribution in [0.5, 0.6) is 0 Å². The maximum Gasteiger partial charge on any atom is 1.00 e. The Hall–Kier alpha value is -7.71. The number of nitrogens with one attached hydrogen (secondary N) is 3. The number of thioether (sulfide) groups is 4. The normalized spacial score (nSPS) is 14.0. The Morgan fingerprint density at radius 2 is 0.703 bits per heavy atom. The number of nitrogens with two attached hydrogens (primary N) is 1. The predicted octanol–water partition coefficient (Wildman–Crippen LogP) is 9.08. The number of anilines is 3. The summed E-state index contributed by atoms with van der Waals surface area (Å²) in [6.07, 6.45) is 7.41. The second kappa shape index (κ2) is 41.7. The van der Waals surface area contributed by atoms with Crippen LogP contribution in [0.3, 0.4) is 0 Å². The number of carboxylic acids is 2. The summed E-state index contributed by atoms with van der Waals surface area (Å²) >= 11 is 36.9. The number of rotatable bonds is 24. The molecule has 4 fully saturated rings. The molecule has 616 valence electrons. The molecule has 4 aliphatic rings. The molecule has 4 saturated heterocycles. The smallest absolute Gasteiger partial charge is 0.548 e. The summed E-state index contributed by atoms with van der Waals surface area (Å²) in [5, 5.41) is 36.2. The minimum absolute atomic E-state index is 0. The first-order chi connectivity index (χ1) is 56.4. The zero-order valence-electron chi connectivity index (χ0n) is 65.0. The molecule has 0 amide bonds. The third-order valence-electron chi connectivity index (χ3n) is 19.3. The van der Waals surface area contributed by atoms with Gasteiger partial charge in [-0.15, -0.1) is 47.0 Å². The van der Waals surface area contributed by atoms with Gasteiger partial charge in [-0.3, -0.25) is 33.6 Å². The van der Waals surface area contributed by atoms with Gasteiger partial charge in [-0.25, -0.2) is 19.9 Å². The fourth-order valence-corrected chi connectivity index (χ4v) is 17.7. The number of benzene rings is 4. The number of esters is 2. The molecule has 0 bridgehead atoms. The quantitative estimate of drug-likeness (QED) is 0.0124. The molecule has 12 heterocycles. The molecule has 0 unspecified atom stereocenters. The molecule has 12 aromatic rings. The van der Waals surface area contributed by atoms with Crippen molar-refractivity contribution in [2.75, 3.05) is 133 Å². The van der Waals surface area contributed by atoms with Gasteiger partial charge < -0.3 is 83.4 Å². The Kier molecular flexibility index (Phi) is 32.2. The number of carbonyl (C=O) groups is 4. The summed E-state index contributed by atoms with van der Waals surface area (Å²) in [6, 6.07) is 26.9. The number of carboxylic acid groups (broad SMARTS) is 2. The molecule has 4 aromatic carbocycles. The zero-order valence-corrected chi connectivity index (χ0v) is 74.1. The van der Waals surface area contributed by atoms with Crippen molar-refractivity contribution in [3.63, 3.8) is 0 Å². The van der Waals surface area contributed by atoms with E-state index in [-0.39, 0.29) is 94.9 Å². The van der Waals surface area contributed by atoms with Crippen molar-refractivity contribution >= 4 is 234 Å². The number of aliphatic carboxylic acids is 2. The van der Waals surface area contributed by atoms with Gasteiger partial charge in [-0.1, -0.05) is 58.0 Å². The van der Waals surface area contributed by atoms with Crippen LogP contribution in [0.2, 0.25) is 25.2 Å². The largest absolute Gasteiger partial charge is 1.00 e. The van der Waals surface area contributed by atoms with Crippen LogP contribution in [-0.4, -0.2) is 184 Å². The van der Waals surface area contributed by atoms with Crippen LogP contribution < -0.4 is 78.1 Å². The van der Waals surface area contributed by atoms with Crippen LogP contribution in [0, 0.1) is 23.7 Å². The van der Waals surface area contributed by atoms with E-state index < -0.39 is 30.4 Å². The minimum Gasteiger partial charge on any atom is -0.548 e. The average Bonchev–Trinajstić information content (AvgIpc) is 0.757. The fraction of sp³-hybridized carbons (Fsp3) is 0.350. The number of hydrogen-bond acceptors (Lipinski definition) is 27. The van der Waals surface area contributed by atoms with E-state index in [1.54, 1.807) is 125 Å². The first-order valence-corrected chi connectivity index (χ1v) is 43.6. The number of carbonyl (C=O) groups excluding carboxylic acids is 3. The third kappa shape index (κ3) is 20.4. The monoisotopic (exact) mass is 1790 g/mol. The summed E-state index contributed by atoms with van der Waals surface area (Å²) in [6.45, 7) is 12.1. The summed E-state index contributed by atoms with van der Waals surface area (Å²) in [4.78, 5) is 121. The van der Waals surface area contributed by atoms with Crippen molar-refractivity contribution < 1.29 is 87.4 Å². The van der Waals surface area contributed by atoms with Gasteiger partial charge in [0.05, 0.1) is 162 Å². The third-order valence-corrected chi connectivity index (χ3v) is 24.5. The number of hydrogen-bond donors (Lipinski definition) is 5. The number of aromatic nitrogens is 8. The van der Waals surface area contributed by atoms with Gasteiger partial charge >= 0.3 is 47.5 Å². The van der Waals surface area contributed by atoms with Crippen molar-refractivity contribution in [3.05, 3.63) is 163 Å². The Morgan fingerprint density at radius 3 is 0.949 bits per heavy atom. The molecule has 0 saturated carbocycles. The Balaban J connectivity index is 0.000000150. The van der Waals surface area contributed by atoms with Crippen LogP contribution in [0.1, 0.15) is 13.8 Å². The molecular weight excluding hydrogens is 1710 g/mol. The summed E-state index contributed by atoms with van der Waals surface area (Å²) < 4.78 is 37.1. The first-order valence-electron chi connectivity index (χ1n) is 36.8. The van der Waals surface area contributed by atoms with Crippen molar-refractivity contribution in [1.82, 2.24) is 38.2 Å². The number of pyridine rings is 8. The number of fused-ring (bicyclic) bond motifs is 8. The molecule has 8 aromatic heterocycles. The van der Waals surface area contributed by atoms with E-state index in [9.17, 15) is 48.6 Å². The van der Waals surface area contributed by atoms with Gasteiger partial charge in [0.25, 0.3) is 0 Å². The van der Waals surface area contributed by atoms with Gasteiger partial charge in [-0.2, -0.15) is 0 Å². The maximum absolute atomic E-state index is 13.2. The number of nitrogens with zero attached hydrogens (tertiary/aromatic N) is 8. The molecule has 16 rings (SSSR count). The molecule has 38 heteroatoms. The molecule has 0 spiro atoms. The Labute approximate surface area is 738 Å². The number of ether oxygens (including phenoxy) is 6. The standard InChI is InChI=1S/C21H22ClN3O4S.2C19H18ClN3O4S.C17H14Cl2N2O3S.C4H9NO.Na/c1-3-29-17(26)9-25-18-13(4-6-15(22)20(18)30-2)19(27)14-5-7-16(24-21(14)25)23-8-12-10-28-11-12;2*1-28-18-13(20)4-2-11-16(18)23(7-15(24)25)19-12(17(11)26)3-5-14(22-19)21-6-10-8-27-9-10;1-3-24-13(22)8-21-14-9(4-6-11(18)16(14)25-2)15(23)10-5-7-12(19)20-17(10)21;5-1-4-2-6-3-4;/h4-7,12H,3,8-11H2,1-2H3,(H,23,24);2*2-5,10H,6-9H2,1H3,(H,21,22)(H,24,25);4-7H,3,8H2,1-2H3;4H,1-3,5H2;/q;;;;;+1/p-1. The van der Waals surface area contributed by atoms with E-state index in [1.807, 2.05) is 25.0 Å². The van der Waals surface area contributed by atoms with Crippen LogP contribution in [0.25, 0.3) is 87.7 Å². The topological polar surface area (TPSA) is 369 Å². The fourth-order valence-electron chi connectivity index (χ4n) is 13.3. The van der Waals surface area contributed by atoms with Crippen LogP contribution in [0.4, 0.5) is 17.5 Å². The van der Waals surface area contributed by atoms with Crippen molar-refractivity contribution in [1.29, 1.82) is 0 Å². The van der Waals surface area contributed by atoms with E-state index in [0.29, 0.717) is 198 Å². The number of halogens is 5. The molecular formula is C80H80Cl5N12NaO16S4. The van der Waals surface area contributed by atoms with Crippen molar-refractivity contribution in [2.45, 2.75) is 59.6 Å². The maximum atomic E-state index is 13.2. The van der Waals surface area contributed by atoms with E-state index in [0.717, 1.165) is 44.4 Å². The summed E-state index contributed by atoms with van der Waals surface area (Å²) in [5.41, 5.74) is 8.01. The van der Waals surface area contributed by atoms with Crippen molar-refractivity contribution in [2.24, 2.45) is 29.4 Å². The summed E-state index contributed by atoms with van der Waals surface area (Å²) in [7, 11) is 0. The minimum atomic E-state index is -1.27. The molecule has 0 aliphatic carbocycles. The van der Waals surface area contributed by atoms with Crippen LogP contribution in [0.15, 0.2) is 136 Å². The average molecular weight is 1790 g/mol. The van der Waals surface area contributed by atoms with Crippen LogP contribution >= 0.6 is 105 Å². The molecule has 28 nitrogen and oxygen atoms in total. The van der Waals surface area contributed by atoms with Gasteiger partial charge in [0.1, 0.15) is 64.8 Å². The zero-order chi connectivity index (χ0) is 83.5. The molecule has 118 heavy (non-hydrogen) atoms. The van der Waals surface area contributed by atoms with E-state index in [1.165, 1.54) is 51.6 Å². The second-order valence-corrected chi connectivity index (χ2v) is 32.4. The first kappa shape index (κ1) is 91.0. The molecule has 4 aliphatic heterocycles. The van der Waals surface area contributed by atoms with Gasteiger partial charge in [-0.05, 0) is 142 Å². The van der Waals surface area contributed by atoms with E-state index >= 15 is 0 Å². The second-order valence-electron chi connectivity index (χ2n) is 27.1. The van der Waals surface area contributed by atoms with Gasteiger partial charge in [0, 0.05) is 64.9 Å². The van der Waals surface area contributed by atoms with Crippen LogP contribution in [-0.2, 0) is 73.8 Å².